The van der Waals surface area contributed by atoms with Gasteiger partial charge in [-0.05, 0) is 24.8 Å². The number of ether oxygens (including phenoxy) is 1. The Balaban J connectivity index is 2.32. The molecule has 0 aliphatic heterocycles. The molecule has 15 heavy (non-hydrogen) atoms. The van der Waals surface area contributed by atoms with Crippen molar-refractivity contribution in [2.45, 2.75) is 45.3 Å². The van der Waals surface area contributed by atoms with Crippen LogP contribution in [0.25, 0.3) is 0 Å². The summed E-state index contributed by atoms with van der Waals surface area (Å²) in [5, 5.41) is 0. The molecule has 3 nitrogen and oxygen atoms in total. The third-order valence-corrected chi connectivity index (χ3v) is 2.62. The molecule has 2 N–H and O–H groups in total. The Morgan fingerprint density at radius 2 is 2.27 bits per heavy atom. The van der Waals surface area contributed by atoms with E-state index >= 15 is 0 Å². The molecule has 1 aromatic heterocycles. The topological polar surface area (TPSA) is 48.1 Å². The molecule has 3 heteroatoms. The fourth-order valence-corrected chi connectivity index (χ4v) is 1.75. The normalized spacial score (nSPS) is 15.7. The van der Waals surface area contributed by atoms with Gasteiger partial charge >= 0.3 is 0 Å². The monoisotopic (exact) mass is 206 g/mol. The summed E-state index contributed by atoms with van der Waals surface area (Å²) in [6, 6.07) is 1.95. The van der Waals surface area contributed by atoms with Crippen LogP contribution in [0.5, 0.6) is 5.75 Å². The molecule has 82 valence electrons. The van der Waals surface area contributed by atoms with E-state index in [-0.39, 0.29) is 0 Å². The van der Waals surface area contributed by atoms with E-state index in [1.54, 1.807) is 6.20 Å². The molecule has 0 saturated heterocycles. The Hall–Kier alpha value is -1.09. The highest BCUT2D eigenvalue weighted by molar-refractivity contribution is 5.38. The molecule has 0 unspecified atom stereocenters. The van der Waals surface area contributed by atoms with E-state index in [0.717, 1.165) is 11.4 Å². The molecule has 0 radical (unpaired) electrons. The molecule has 1 aromatic rings. The molecule has 0 amide bonds. The Morgan fingerprint density at radius 3 is 2.80 bits per heavy atom. The third kappa shape index (κ3) is 2.29. The van der Waals surface area contributed by atoms with Crippen LogP contribution >= 0.6 is 0 Å². The van der Waals surface area contributed by atoms with Crippen molar-refractivity contribution in [2.24, 2.45) is 5.73 Å². The van der Waals surface area contributed by atoms with Gasteiger partial charge in [-0.3, -0.25) is 4.98 Å². The highest BCUT2D eigenvalue weighted by atomic mass is 16.5. The minimum Gasteiger partial charge on any atom is -0.490 e. The zero-order valence-electron chi connectivity index (χ0n) is 9.36. The highest BCUT2D eigenvalue weighted by Crippen LogP contribution is 2.33. The van der Waals surface area contributed by atoms with Crippen molar-refractivity contribution in [3.05, 3.63) is 23.5 Å². The van der Waals surface area contributed by atoms with Crippen LogP contribution in [0.4, 0.5) is 0 Å². The smallest absolute Gasteiger partial charge is 0.126 e. The summed E-state index contributed by atoms with van der Waals surface area (Å²) >= 11 is 0. The maximum atomic E-state index is 5.86. The fraction of sp³-hybridized carbons (Fsp3) is 0.583. The van der Waals surface area contributed by atoms with E-state index in [9.17, 15) is 0 Å². The molecule has 0 bridgehead atoms. The first-order valence-electron chi connectivity index (χ1n) is 5.57. The molecule has 0 aromatic carbocycles. The van der Waals surface area contributed by atoms with Crippen LogP contribution in [-0.2, 0) is 6.54 Å². The van der Waals surface area contributed by atoms with E-state index in [4.69, 9.17) is 10.5 Å². The molecule has 0 spiro atoms. The first-order valence-corrected chi connectivity index (χ1v) is 5.57. The van der Waals surface area contributed by atoms with Crippen LogP contribution in [0, 0.1) is 0 Å². The molecule has 1 aliphatic rings. The van der Waals surface area contributed by atoms with Gasteiger partial charge in [0.1, 0.15) is 5.75 Å². The minimum absolute atomic E-state index is 0.408. The zero-order valence-corrected chi connectivity index (χ0v) is 9.36. The summed E-state index contributed by atoms with van der Waals surface area (Å²) in [5.74, 6) is 1.38. The second-order valence-electron chi connectivity index (χ2n) is 4.35. The summed E-state index contributed by atoms with van der Waals surface area (Å²) < 4.78 is 5.86. The summed E-state index contributed by atoms with van der Waals surface area (Å²) in [6.45, 7) is 4.78. The number of nitrogens with zero attached hydrogens (tertiary/aromatic N) is 1. The predicted molar refractivity (Wildman–Crippen MR) is 59.9 cm³/mol. The second-order valence-corrected chi connectivity index (χ2v) is 4.35. The van der Waals surface area contributed by atoms with Gasteiger partial charge in [0.15, 0.2) is 0 Å². The van der Waals surface area contributed by atoms with Crippen LogP contribution in [0.2, 0.25) is 0 Å². The Morgan fingerprint density at radius 1 is 1.53 bits per heavy atom. The Kier molecular flexibility index (Phi) is 2.91. The van der Waals surface area contributed by atoms with Gasteiger partial charge in [-0.15, -0.1) is 0 Å². The van der Waals surface area contributed by atoms with Gasteiger partial charge in [-0.2, -0.15) is 0 Å². The molecule has 1 saturated carbocycles. The summed E-state index contributed by atoms with van der Waals surface area (Å²) in [6.07, 6.45) is 4.57. The number of rotatable bonds is 4. The van der Waals surface area contributed by atoms with Gasteiger partial charge < -0.3 is 10.5 Å². The average Bonchev–Trinajstić information content (AvgIpc) is 3.01. The number of nitrogens with two attached hydrogens (primary N) is 1. The fourth-order valence-electron chi connectivity index (χ4n) is 1.75. The minimum atomic E-state index is 0.408. The Labute approximate surface area is 90.7 Å². The van der Waals surface area contributed by atoms with Crippen LogP contribution in [0.1, 0.15) is 43.9 Å². The molecule has 2 rings (SSSR count). The van der Waals surface area contributed by atoms with Crippen molar-refractivity contribution >= 4 is 0 Å². The molecule has 1 heterocycles. The zero-order chi connectivity index (χ0) is 10.8. The summed E-state index contributed by atoms with van der Waals surface area (Å²) in [4.78, 5) is 4.30. The van der Waals surface area contributed by atoms with Gasteiger partial charge in [-0.1, -0.05) is 13.8 Å². The van der Waals surface area contributed by atoms with E-state index in [0.29, 0.717) is 18.6 Å². The van der Waals surface area contributed by atoms with Crippen molar-refractivity contribution in [1.29, 1.82) is 0 Å². The largest absolute Gasteiger partial charge is 0.490 e. The van der Waals surface area contributed by atoms with Crippen molar-refractivity contribution in [2.75, 3.05) is 0 Å². The van der Waals surface area contributed by atoms with E-state index in [1.165, 1.54) is 18.4 Å². The standard InChI is InChI=1S/C12H18N2O/c1-8(2)12-10(7-13)14-6-5-11(12)15-9-3-4-9/h5-6,8-9H,3-4,7,13H2,1-2H3. The summed E-state index contributed by atoms with van der Waals surface area (Å²) in [7, 11) is 0. The maximum absolute atomic E-state index is 5.86. The lowest BCUT2D eigenvalue weighted by atomic mass is 10.0. The van der Waals surface area contributed by atoms with Gasteiger partial charge in [0, 0.05) is 18.3 Å². The lowest BCUT2D eigenvalue weighted by Gasteiger charge is -2.16. The summed E-state index contributed by atoms with van der Waals surface area (Å²) in [5.41, 5.74) is 7.82. The van der Waals surface area contributed by atoms with Gasteiger partial charge in [0.25, 0.3) is 0 Å². The Bertz CT molecular complexity index is 345. The molecule has 1 aliphatic carbocycles. The lowest BCUT2D eigenvalue weighted by molar-refractivity contribution is 0.298. The van der Waals surface area contributed by atoms with Crippen molar-refractivity contribution in [3.63, 3.8) is 0 Å². The SMILES string of the molecule is CC(C)c1c(OC2CC2)ccnc1CN. The number of hydrogen-bond donors (Lipinski definition) is 1. The number of hydrogen-bond acceptors (Lipinski definition) is 3. The van der Waals surface area contributed by atoms with Crippen molar-refractivity contribution in [3.8, 4) is 5.75 Å². The molecule has 1 fully saturated rings. The van der Waals surface area contributed by atoms with Crippen LogP contribution in [0.3, 0.4) is 0 Å². The molecular formula is C12H18N2O. The van der Waals surface area contributed by atoms with Crippen LogP contribution < -0.4 is 10.5 Å². The van der Waals surface area contributed by atoms with Crippen LogP contribution in [0.15, 0.2) is 12.3 Å². The quantitative estimate of drug-likeness (QED) is 0.821. The lowest BCUT2D eigenvalue weighted by Crippen LogP contribution is -2.09. The third-order valence-electron chi connectivity index (χ3n) is 2.62. The highest BCUT2D eigenvalue weighted by Gasteiger charge is 2.25. The van der Waals surface area contributed by atoms with Gasteiger partial charge in [0.05, 0.1) is 11.8 Å². The molecule has 0 atom stereocenters. The maximum Gasteiger partial charge on any atom is 0.126 e. The van der Waals surface area contributed by atoms with Gasteiger partial charge in [0.2, 0.25) is 0 Å². The van der Waals surface area contributed by atoms with Crippen LogP contribution in [-0.4, -0.2) is 11.1 Å². The first kappa shape index (κ1) is 10.4. The van der Waals surface area contributed by atoms with Gasteiger partial charge in [-0.25, -0.2) is 0 Å². The molecular weight excluding hydrogens is 188 g/mol. The second kappa shape index (κ2) is 4.19. The first-order chi connectivity index (χ1) is 7.22. The predicted octanol–water partition coefficient (Wildman–Crippen LogP) is 2.20. The van der Waals surface area contributed by atoms with Crippen molar-refractivity contribution in [1.82, 2.24) is 4.98 Å². The average molecular weight is 206 g/mol. The number of pyridine rings is 1. The van der Waals surface area contributed by atoms with Crippen molar-refractivity contribution < 1.29 is 4.74 Å². The van der Waals surface area contributed by atoms with E-state index in [2.05, 4.69) is 18.8 Å². The van der Waals surface area contributed by atoms with E-state index < -0.39 is 0 Å². The van der Waals surface area contributed by atoms with E-state index in [1.807, 2.05) is 6.07 Å². The number of aromatic nitrogens is 1.